The van der Waals surface area contributed by atoms with Gasteiger partial charge in [0.2, 0.25) is 5.91 Å². The van der Waals surface area contributed by atoms with E-state index in [4.69, 9.17) is 4.74 Å². The Balaban J connectivity index is 1.80. The molecular weight excluding hydrogens is 318 g/mol. The first-order valence-electron chi connectivity index (χ1n) is 8.00. The zero-order valence-corrected chi connectivity index (χ0v) is 14.1. The summed E-state index contributed by atoms with van der Waals surface area (Å²) in [5.74, 6) is 1.34. The first-order valence-corrected chi connectivity index (χ1v) is 8.00. The normalized spacial score (nSPS) is 10.5. The number of para-hydroxylation sites is 2. The number of tetrazole rings is 1. The van der Waals surface area contributed by atoms with E-state index in [0.717, 1.165) is 22.8 Å². The van der Waals surface area contributed by atoms with E-state index < -0.39 is 0 Å². The van der Waals surface area contributed by atoms with E-state index in [1.165, 1.54) is 0 Å². The standard InChI is InChI=1S/C18H19N5O2/c1-3-17-20-21-22-23(17)16-10-5-4-9-15(16)19-18(24)12-13-7-6-8-14(11-13)25-2/h4-11H,3,12H2,1-2H3,(H,19,24). The Morgan fingerprint density at radius 1 is 1.20 bits per heavy atom. The molecular formula is C18H19N5O2. The largest absolute Gasteiger partial charge is 0.497 e. The molecule has 25 heavy (non-hydrogen) atoms. The number of nitrogens with one attached hydrogen (secondary N) is 1. The molecule has 1 heterocycles. The maximum atomic E-state index is 12.4. The van der Waals surface area contributed by atoms with E-state index in [0.29, 0.717) is 12.1 Å². The number of carbonyl (C=O) groups excluding carboxylic acids is 1. The molecule has 1 N–H and O–H groups in total. The maximum absolute atomic E-state index is 12.4. The van der Waals surface area contributed by atoms with Gasteiger partial charge in [-0.15, -0.1) is 5.10 Å². The fourth-order valence-corrected chi connectivity index (χ4v) is 2.54. The average molecular weight is 337 g/mol. The van der Waals surface area contributed by atoms with Crippen LogP contribution >= 0.6 is 0 Å². The summed E-state index contributed by atoms with van der Waals surface area (Å²) < 4.78 is 6.83. The van der Waals surface area contributed by atoms with Gasteiger partial charge in [0.05, 0.1) is 24.9 Å². The molecule has 0 aliphatic carbocycles. The quantitative estimate of drug-likeness (QED) is 0.747. The van der Waals surface area contributed by atoms with Gasteiger partial charge in [-0.1, -0.05) is 31.2 Å². The second-order valence-corrected chi connectivity index (χ2v) is 5.45. The number of aromatic nitrogens is 4. The number of amides is 1. The molecule has 1 amide bonds. The molecule has 0 unspecified atom stereocenters. The number of benzene rings is 2. The lowest BCUT2D eigenvalue weighted by molar-refractivity contribution is -0.115. The molecule has 0 atom stereocenters. The first kappa shape index (κ1) is 16.6. The highest BCUT2D eigenvalue weighted by molar-refractivity contribution is 5.94. The highest BCUT2D eigenvalue weighted by atomic mass is 16.5. The highest BCUT2D eigenvalue weighted by Crippen LogP contribution is 2.21. The molecule has 3 aromatic rings. The Bertz CT molecular complexity index is 875. The molecule has 3 rings (SSSR count). The Kier molecular flexibility index (Phi) is 5.03. The zero-order chi connectivity index (χ0) is 17.6. The summed E-state index contributed by atoms with van der Waals surface area (Å²) in [5.41, 5.74) is 2.28. The number of carbonyl (C=O) groups is 1. The van der Waals surface area contributed by atoms with Gasteiger partial charge in [0.25, 0.3) is 0 Å². The second-order valence-electron chi connectivity index (χ2n) is 5.45. The summed E-state index contributed by atoms with van der Waals surface area (Å²) in [6.07, 6.45) is 0.945. The molecule has 0 saturated heterocycles. The van der Waals surface area contributed by atoms with E-state index in [2.05, 4.69) is 20.8 Å². The first-order chi connectivity index (χ1) is 12.2. The van der Waals surface area contributed by atoms with Crippen LogP contribution < -0.4 is 10.1 Å². The topological polar surface area (TPSA) is 81.9 Å². The van der Waals surface area contributed by atoms with Gasteiger partial charge in [-0.3, -0.25) is 4.79 Å². The number of anilines is 1. The Morgan fingerprint density at radius 3 is 2.84 bits per heavy atom. The number of hydrogen-bond acceptors (Lipinski definition) is 5. The molecule has 0 aliphatic rings. The monoisotopic (exact) mass is 337 g/mol. The lowest BCUT2D eigenvalue weighted by Gasteiger charge is -2.12. The number of nitrogens with zero attached hydrogens (tertiary/aromatic N) is 4. The van der Waals surface area contributed by atoms with Crippen LogP contribution in [0.3, 0.4) is 0 Å². The summed E-state index contributed by atoms with van der Waals surface area (Å²) in [6.45, 7) is 1.98. The van der Waals surface area contributed by atoms with Gasteiger partial charge in [0.15, 0.2) is 5.82 Å². The van der Waals surface area contributed by atoms with Crippen molar-refractivity contribution >= 4 is 11.6 Å². The van der Waals surface area contributed by atoms with Crippen LogP contribution in [0.4, 0.5) is 5.69 Å². The van der Waals surface area contributed by atoms with Crippen LogP contribution in [0.1, 0.15) is 18.3 Å². The SMILES string of the molecule is CCc1nnnn1-c1ccccc1NC(=O)Cc1cccc(OC)c1. The van der Waals surface area contributed by atoms with Gasteiger partial charge in [-0.05, 0) is 40.3 Å². The molecule has 1 aromatic heterocycles. The van der Waals surface area contributed by atoms with Crippen LogP contribution in [-0.4, -0.2) is 33.2 Å². The molecule has 0 aliphatic heterocycles. The zero-order valence-electron chi connectivity index (χ0n) is 14.1. The van der Waals surface area contributed by atoms with E-state index in [1.807, 2.05) is 55.5 Å². The van der Waals surface area contributed by atoms with Crippen molar-refractivity contribution in [2.45, 2.75) is 19.8 Å². The van der Waals surface area contributed by atoms with Crippen molar-refractivity contribution in [3.8, 4) is 11.4 Å². The summed E-state index contributed by atoms with van der Waals surface area (Å²) in [5, 5.41) is 14.7. The molecule has 128 valence electrons. The molecule has 0 fully saturated rings. The summed E-state index contributed by atoms with van der Waals surface area (Å²) in [6, 6.07) is 14.9. The molecule has 0 radical (unpaired) electrons. The Hall–Kier alpha value is -3.22. The van der Waals surface area contributed by atoms with Crippen LogP contribution in [0.15, 0.2) is 48.5 Å². The van der Waals surface area contributed by atoms with Gasteiger partial charge in [0, 0.05) is 6.42 Å². The number of hydrogen-bond donors (Lipinski definition) is 1. The van der Waals surface area contributed by atoms with Crippen LogP contribution in [0.5, 0.6) is 5.75 Å². The minimum Gasteiger partial charge on any atom is -0.497 e. The van der Waals surface area contributed by atoms with Crippen LogP contribution in [0.25, 0.3) is 5.69 Å². The third-order valence-corrected chi connectivity index (χ3v) is 3.76. The van der Waals surface area contributed by atoms with E-state index in [-0.39, 0.29) is 12.3 Å². The van der Waals surface area contributed by atoms with E-state index in [1.54, 1.807) is 11.8 Å². The third-order valence-electron chi connectivity index (χ3n) is 3.76. The maximum Gasteiger partial charge on any atom is 0.228 e. The summed E-state index contributed by atoms with van der Waals surface area (Å²) >= 11 is 0. The van der Waals surface area contributed by atoms with E-state index >= 15 is 0 Å². The number of aryl methyl sites for hydroxylation is 1. The van der Waals surface area contributed by atoms with Crippen molar-refractivity contribution in [3.63, 3.8) is 0 Å². The summed E-state index contributed by atoms with van der Waals surface area (Å²) in [7, 11) is 1.60. The van der Waals surface area contributed by atoms with Crippen LogP contribution in [0.2, 0.25) is 0 Å². The van der Waals surface area contributed by atoms with Gasteiger partial charge < -0.3 is 10.1 Å². The highest BCUT2D eigenvalue weighted by Gasteiger charge is 2.13. The number of methoxy groups -OCH3 is 1. The van der Waals surface area contributed by atoms with Crippen molar-refractivity contribution in [3.05, 3.63) is 59.9 Å². The molecule has 2 aromatic carbocycles. The number of ether oxygens (including phenoxy) is 1. The molecule has 7 heteroatoms. The second kappa shape index (κ2) is 7.57. The van der Waals surface area contributed by atoms with Crippen LogP contribution in [-0.2, 0) is 17.6 Å². The average Bonchev–Trinajstić information content (AvgIpc) is 3.10. The minimum atomic E-state index is -0.119. The fraction of sp³-hybridized carbons (Fsp3) is 0.222. The van der Waals surface area contributed by atoms with Crippen LogP contribution in [0, 0.1) is 0 Å². The fourth-order valence-electron chi connectivity index (χ4n) is 2.54. The van der Waals surface area contributed by atoms with Gasteiger partial charge in [-0.25, -0.2) is 0 Å². The summed E-state index contributed by atoms with van der Waals surface area (Å²) in [4.78, 5) is 12.4. The van der Waals surface area contributed by atoms with Crippen molar-refractivity contribution in [1.29, 1.82) is 0 Å². The third kappa shape index (κ3) is 3.82. The van der Waals surface area contributed by atoms with Crippen molar-refractivity contribution < 1.29 is 9.53 Å². The molecule has 7 nitrogen and oxygen atoms in total. The number of rotatable bonds is 6. The van der Waals surface area contributed by atoms with Crippen molar-refractivity contribution in [1.82, 2.24) is 20.2 Å². The lowest BCUT2D eigenvalue weighted by atomic mass is 10.1. The van der Waals surface area contributed by atoms with Crippen molar-refractivity contribution in [2.24, 2.45) is 0 Å². The predicted octanol–water partition coefficient (Wildman–Crippen LogP) is 2.41. The smallest absolute Gasteiger partial charge is 0.228 e. The van der Waals surface area contributed by atoms with Gasteiger partial charge in [-0.2, -0.15) is 4.68 Å². The Labute approximate surface area is 145 Å². The van der Waals surface area contributed by atoms with Crippen molar-refractivity contribution in [2.75, 3.05) is 12.4 Å². The molecule has 0 bridgehead atoms. The van der Waals surface area contributed by atoms with Gasteiger partial charge >= 0.3 is 0 Å². The lowest BCUT2D eigenvalue weighted by Crippen LogP contribution is -2.16. The van der Waals surface area contributed by atoms with E-state index in [9.17, 15) is 4.79 Å². The predicted molar refractivity (Wildman–Crippen MR) is 93.9 cm³/mol. The minimum absolute atomic E-state index is 0.119. The molecule has 0 saturated carbocycles. The molecule has 0 spiro atoms. The van der Waals surface area contributed by atoms with Gasteiger partial charge in [0.1, 0.15) is 5.75 Å². The Morgan fingerprint density at radius 2 is 2.04 bits per heavy atom.